The van der Waals surface area contributed by atoms with Crippen LogP contribution in [0.5, 0.6) is 0 Å². The molecule has 1 heterocycles. The number of methoxy groups -OCH3 is 1. The van der Waals surface area contributed by atoms with Crippen LogP contribution in [0, 0.1) is 28.5 Å². The summed E-state index contributed by atoms with van der Waals surface area (Å²) >= 11 is 0. The minimum absolute atomic E-state index is 0.0152. The van der Waals surface area contributed by atoms with E-state index in [9.17, 15) is 24.0 Å². The maximum Gasteiger partial charge on any atom is 0.411 e. The van der Waals surface area contributed by atoms with Gasteiger partial charge < -0.3 is 25.5 Å². The van der Waals surface area contributed by atoms with E-state index in [-0.39, 0.29) is 36.1 Å². The van der Waals surface area contributed by atoms with Crippen molar-refractivity contribution in [3.63, 3.8) is 0 Å². The molecule has 204 valence electrons. The second-order valence-electron chi connectivity index (χ2n) is 10.5. The highest BCUT2D eigenvalue weighted by atomic mass is 19.1. The smallest absolute Gasteiger partial charge is 0.411 e. The largest absolute Gasteiger partial charge is 0.444 e. The van der Waals surface area contributed by atoms with E-state index in [1.54, 1.807) is 26.8 Å². The average molecular weight is 528 g/mol. The molecule has 11 heteroatoms. The number of likely N-dealkylation sites (tertiary alicyclic amines) is 1. The molecular weight excluding hydrogens is 493 g/mol. The molecule has 0 aromatic heterocycles. The molecule has 1 aromatic rings. The molecule has 4 atom stereocenters. The molecule has 2 bridgehead atoms. The first-order valence-electron chi connectivity index (χ1n) is 12.5. The van der Waals surface area contributed by atoms with Gasteiger partial charge in [0.05, 0.1) is 6.07 Å². The van der Waals surface area contributed by atoms with Gasteiger partial charge >= 0.3 is 6.09 Å². The number of nitriles is 1. The molecule has 10 nitrogen and oxygen atoms in total. The van der Waals surface area contributed by atoms with Gasteiger partial charge in [-0.1, -0.05) is 12.1 Å². The topological polar surface area (TPSA) is 145 Å². The molecule has 3 N–H and O–H groups in total. The Hall–Kier alpha value is -3.78. The average Bonchev–Trinajstić information content (AvgIpc) is 3.46. The van der Waals surface area contributed by atoms with Crippen molar-refractivity contribution >= 4 is 29.7 Å². The Bertz CT molecular complexity index is 1160. The quantitative estimate of drug-likeness (QED) is 0.421. The predicted molar refractivity (Wildman–Crippen MR) is 137 cm³/mol. The number of halogens is 1. The van der Waals surface area contributed by atoms with E-state index in [1.165, 1.54) is 30.3 Å². The van der Waals surface area contributed by atoms with Crippen LogP contribution in [-0.4, -0.2) is 66.5 Å². The standard InChI is InChI=1S/C27H34FN5O5/c1-27(2,3)38-26(36)33-21-8-7-18(10-21)24(33)25(35)32-20(13-30)9-17-6-5-16(11-22(17)28)19(12-29)14-31-23(34)15-37-4/h5-6,11-12,14,18,20-21,24,29H,7-10,15H2,1-4H3,(H,31,34)(H,32,35)/b19-14+,29-12?/t18-,20-,21+,24-/m0/s1. The van der Waals surface area contributed by atoms with Crippen molar-refractivity contribution in [1.29, 1.82) is 10.7 Å². The van der Waals surface area contributed by atoms with Gasteiger partial charge in [0.1, 0.15) is 30.1 Å². The zero-order valence-corrected chi connectivity index (χ0v) is 22.0. The molecule has 1 saturated heterocycles. The summed E-state index contributed by atoms with van der Waals surface area (Å²) in [6.45, 7) is 5.13. The molecule has 1 aromatic carbocycles. The highest BCUT2D eigenvalue weighted by molar-refractivity contribution is 6.08. The fourth-order valence-corrected chi connectivity index (χ4v) is 4.94. The van der Waals surface area contributed by atoms with Crippen molar-refractivity contribution in [2.75, 3.05) is 13.7 Å². The minimum Gasteiger partial charge on any atom is -0.444 e. The molecule has 1 aliphatic carbocycles. The number of ether oxygens (including phenoxy) is 2. The first kappa shape index (κ1) is 28.8. The van der Waals surface area contributed by atoms with Crippen LogP contribution in [0.4, 0.5) is 9.18 Å². The lowest BCUT2D eigenvalue weighted by Gasteiger charge is -2.35. The van der Waals surface area contributed by atoms with Crippen LogP contribution in [0.3, 0.4) is 0 Å². The molecule has 1 saturated carbocycles. The third-order valence-corrected chi connectivity index (χ3v) is 6.56. The first-order valence-corrected chi connectivity index (χ1v) is 12.5. The summed E-state index contributed by atoms with van der Waals surface area (Å²) in [6, 6.07) is 4.41. The molecule has 1 aliphatic heterocycles. The fraction of sp³-hybridized carbons (Fsp3) is 0.519. The summed E-state index contributed by atoms with van der Waals surface area (Å²) < 4.78 is 25.2. The van der Waals surface area contributed by atoms with Crippen molar-refractivity contribution < 1.29 is 28.2 Å². The zero-order valence-electron chi connectivity index (χ0n) is 22.0. The van der Waals surface area contributed by atoms with Crippen LogP contribution < -0.4 is 10.6 Å². The van der Waals surface area contributed by atoms with E-state index in [2.05, 4.69) is 10.6 Å². The second kappa shape index (κ2) is 12.2. The summed E-state index contributed by atoms with van der Waals surface area (Å²) in [7, 11) is 1.38. The molecule has 0 radical (unpaired) electrons. The Balaban J connectivity index is 1.69. The molecular formula is C27H34FN5O5. The van der Waals surface area contributed by atoms with E-state index in [1.807, 2.05) is 6.07 Å². The van der Waals surface area contributed by atoms with Gasteiger partial charge in [-0.05, 0) is 63.1 Å². The van der Waals surface area contributed by atoms with Gasteiger partial charge in [-0.2, -0.15) is 5.26 Å². The number of rotatable bonds is 9. The number of amides is 3. The van der Waals surface area contributed by atoms with Crippen molar-refractivity contribution in [3.8, 4) is 6.07 Å². The summed E-state index contributed by atoms with van der Waals surface area (Å²) in [5.41, 5.74) is 0.113. The van der Waals surface area contributed by atoms with Gasteiger partial charge in [0.2, 0.25) is 11.8 Å². The van der Waals surface area contributed by atoms with Crippen LogP contribution in [0.25, 0.3) is 5.57 Å². The minimum atomic E-state index is -1.02. The summed E-state index contributed by atoms with van der Waals surface area (Å²) in [6.07, 6.45) is 3.95. The maximum atomic E-state index is 14.9. The van der Waals surface area contributed by atoms with E-state index in [0.717, 1.165) is 19.1 Å². The number of carbonyl (C=O) groups excluding carboxylic acids is 3. The number of fused-ring (bicyclic) bond motifs is 2. The van der Waals surface area contributed by atoms with E-state index < -0.39 is 41.4 Å². The molecule has 0 unspecified atom stereocenters. The molecule has 3 amide bonds. The number of benzene rings is 1. The number of nitrogens with one attached hydrogen (secondary N) is 3. The molecule has 38 heavy (non-hydrogen) atoms. The van der Waals surface area contributed by atoms with E-state index in [0.29, 0.717) is 12.0 Å². The number of hydrogen-bond acceptors (Lipinski definition) is 7. The molecule has 3 rings (SSSR count). The van der Waals surface area contributed by atoms with E-state index >= 15 is 0 Å². The first-order chi connectivity index (χ1) is 18.0. The summed E-state index contributed by atoms with van der Waals surface area (Å²) in [5.74, 6) is -1.51. The van der Waals surface area contributed by atoms with Gasteiger partial charge in [-0.3, -0.25) is 14.5 Å². The Kier molecular flexibility index (Phi) is 9.22. The zero-order chi connectivity index (χ0) is 28.0. The maximum absolute atomic E-state index is 14.9. The van der Waals surface area contributed by atoms with Gasteiger partial charge in [0, 0.05) is 37.6 Å². The number of nitrogens with zero attached hydrogens (tertiary/aromatic N) is 2. The second-order valence-corrected chi connectivity index (χ2v) is 10.5. The molecule has 2 aliphatic rings. The van der Waals surface area contributed by atoms with Crippen LogP contribution >= 0.6 is 0 Å². The number of piperidine rings is 1. The number of allylic oxidation sites excluding steroid dienone is 1. The summed E-state index contributed by atoms with van der Waals surface area (Å²) in [5, 5.41) is 22.4. The van der Waals surface area contributed by atoms with Crippen molar-refractivity contribution in [2.24, 2.45) is 5.92 Å². The van der Waals surface area contributed by atoms with Crippen LogP contribution in [0.2, 0.25) is 0 Å². The molecule has 0 spiro atoms. The highest BCUT2D eigenvalue weighted by Crippen LogP contribution is 2.43. The lowest BCUT2D eigenvalue weighted by Crippen LogP contribution is -2.55. The Morgan fingerprint density at radius 1 is 1.32 bits per heavy atom. The Morgan fingerprint density at radius 3 is 2.66 bits per heavy atom. The normalized spacial score (nSPS) is 21.4. The van der Waals surface area contributed by atoms with Crippen LogP contribution in [0.1, 0.15) is 51.2 Å². The predicted octanol–water partition coefficient (Wildman–Crippen LogP) is 2.92. The van der Waals surface area contributed by atoms with Crippen LogP contribution in [0.15, 0.2) is 24.4 Å². The van der Waals surface area contributed by atoms with Gasteiger partial charge in [-0.15, -0.1) is 0 Å². The lowest BCUT2D eigenvalue weighted by atomic mass is 9.97. The third-order valence-electron chi connectivity index (χ3n) is 6.56. The SMILES string of the molecule is COCC(=O)N/C=C(\C=N)c1ccc(C[C@@H](C#N)NC(=O)[C@@H]2[C@H]3CC[C@H](C3)N2C(=O)OC(C)(C)C)c(F)c1. The van der Waals surface area contributed by atoms with Crippen molar-refractivity contribution in [2.45, 2.75) is 70.2 Å². The third kappa shape index (κ3) is 6.95. The monoisotopic (exact) mass is 527 g/mol. The summed E-state index contributed by atoms with van der Waals surface area (Å²) in [4.78, 5) is 39.2. The Morgan fingerprint density at radius 2 is 2.05 bits per heavy atom. The van der Waals surface area contributed by atoms with Gasteiger partial charge in [0.25, 0.3) is 0 Å². The van der Waals surface area contributed by atoms with Gasteiger partial charge in [0.15, 0.2) is 0 Å². The van der Waals surface area contributed by atoms with E-state index in [4.69, 9.17) is 14.9 Å². The lowest BCUT2D eigenvalue weighted by molar-refractivity contribution is -0.128. The van der Waals surface area contributed by atoms with Crippen LogP contribution in [-0.2, 0) is 25.5 Å². The highest BCUT2D eigenvalue weighted by Gasteiger charge is 2.52. The number of carbonyl (C=O) groups is 3. The Labute approximate surface area is 221 Å². The molecule has 2 fully saturated rings. The van der Waals surface area contributed by atoms with Gasteiger partial charge in [-0.25, -0.2) is 9.18 Å². The number of hydrogen-bond donors (Lipinski definition) is 3. The van der Waals surface area contributed by atoms with Crippen molar-refractivity contribution in [3.05, 3.63) is 41.3 Å². The van der Waals surface area contributed by atoms with Crippen molar-refractivity contribution in [1.82, 2.24) is 15.5 Å². The fourth-order valence-electron chi connectivity index (χ4n) is 4.94.